The molecule has 0 heterocycles. The molecule has 0 aliphatic carbocycles. The van der Waals surface area contributed by atoms with E-state index in [2.05, 4.69) is 0 Å². The lowest BCUT2D eigenvalue weighted by molar-refractivity contribution is 0.266. The standard InChI is InChI=1S/C42H38O8S2/c1-31-13-17-35(18-14-31)49-39-9-3-5-11-41(39)51(43,44)37-25-21-33(22-26-37)47-29-7-8-30-48-34-23-27-38(28-24-34)52(45,46)42-12-6-4-10-40(42)50-36-19-15-32(2)16-20-36/h3-6,9-28H,7-8,29-30H2,1-2H3. The van der Waals surface area contributed by atoms with Crippen LogP contribution in [0.3, 0.4) is 0 Å². The van der Waals surface area contributed by atoms with Crippen LogP contribution in [0.25, 0.3) is 0 Å². The number of benzene rings is 6. The minimum Gasteiger partial charge on any atom is -0.494 e. The van der Waals surface area contributed by atoms with Gasteiger partial charge in [-0.15, -0.1) is 0 Å². The lowest BCUT2D eigenvalue weighted by Crippen LogP contribution is -2.05. The van der Waals surface area contributed by atoms with E-state index in [1.807, 2.05) is 38.1 Å². The van der Waals surface area contributed by atoms with E-state index in [4.69, 9.17) is 18.9 Å². The molecule has 0 amide bonds. The maximum absolute atomic E-state index is 13.5. The van der Waals surface area contributed by atoms with Crippen molar-refractivity contribution in [2.75, 3.05) is 13.2 Å². The SMILES string of the molecule is Cc1ccc(Oc2ccccc2S(=O)(=O)c2ccc(OCCCCOc3ccc(S(=O)(=O)c4ccccc4Oc4ccc(C)cc4)cc3)cc2)cc1. The predicted octanol–water partition coefficient (Wildman–Crippen LogP) is 9.79. The van der Waals surface area contributed by atoms with Gasteiger partial charge in [-0.05, 0) is 124 Å². The lowest BCUT2D eigenvalue weighted by atomic mass is 10.2. The van der Waals surface area contributed by atoms with Crippen LogP contribution < -0.4 is 18.9 Å². The summed E-state index contributed by atoms with van der Waals surface area (Å²) in [5, 5.41) is 0. The Morgan fingerprint density at radius 1 is 0.404 bits per heavy atom. The second-order valence-electron chi connectivity index (χ2n) is 12.1. The molecule has 0 fully saturated rings. The average molecular weight is 735 g/mol. The number of sulfone groups is 2. The topological polar surface area (TPSA) is 105 Å². The quantitative estimate of drug-likeness (QED) is 0.0961. The molecule has 0 saturated heterocycles. The summed E-state index contributed by atoms with van der Waals surface area (Å²) in [6.07, 6.45) is 1.38. The van der Waals surface area contributed by atoms with Gasteiger partial charge in [0.1, 0.15) is 44.3 Å². The van der Waals surface area contributed by atoms with Gasteiger partial charge in [0.05, 0.1) is 23.0 Å². The molecule has 0 atom stereocenters. The number of aryl methyl sites for hydroxylation is 2. The molecule has 0 bridgehead atoms. The Labute approximate surface area is 305 Å². The molecule has 6 aromatic rings. The Bertz CT molecular complexity index is 2150. The molecule has 0 spiro atoms. The van der Waals surface area contributed by atoms with Gasteiger partial charge in [-0.25, -0.2) is 16.8 Å². The van der Waals surface area contributed by atoms with Crippen LogP contribution in [0, 0.1) is 13.8 Å². The normalized spacial score (nSPS) is 11.5. The molecule has 0 N–H and O–H groups in total. The van der Waals surface area contributed by atoms with Gasteiger partial charge in [0.15, 0.2) is 0 Å². The van der Waals surface area contributed by atoms with Crippen molar-refractivity contribution in [1.82, 2.24) is 0 Å². The second kappa shape index (κ2) is 16.2. The van der Waals surface area contributed by atoms with Gasteiger partial charge in [0, 0.05) is 0 Å². The molecule has 10 heteroatoms. The van der Waals surface area contributed by atoms with E-state index in [9.17, 15) is 16.8 Å². The third-order valence-corrected chi connectivity index (χ3v) is 11.7. The van der Waals surface area contributed by atoms with Crippen LogP contribution >= 0.6 is 0 Å². The maximum atomic E-state index is 13.5. The fourth-order valence-corrected chi connectivity index (χ4v) is 8.01. The summed E-state index contributed by atoms with van der Waals surface area (Å²) in [5.41, 5.74) is 2.15. The zero-order chi connectivity index (χ0) is 36.6. The highest BCUT2D eigenvalue weighted by Crippen LogP contribution is 2.35. The Kier molecular flexibility index (Phi) is 11.3. The van der Waals surface area contributed by atoms with E-state index in [0.29, 0.717) is 49.1 Å². The van der Waals surface area contributed by atoms with Gasteiger partial charge in [-0.2, -0.15) is 0 Å². The number of para-hydroxylation sites is 2. The van der Waals surface area contributed by atoms with Gasteiger partial charge >= 0.3 is 0 Å². The summed E-state index contributed by atoms with van der Waals surface area (Å²) in [6, 6.07) is 40.6. The molecule has 266 valence electrons. The van der Waals surface area contributed by atoms with Crippen molar-refractivity contribution in [3.8, 4) is 34.5 Å². The first kappa shape index (κ1) is 36.2. The summed E-state index contributed by atoms with van der Waals surface area (Å²) in [4.78, 5) is 0.419. The van der Waals surface area contributed by atoms with E-state index in [1.165, 1.54) is 36.4 Å². The van der Waals surface area contributed by atoms with Gasteiger partial charge in [-0.1, -0.05) is 59.7 Å². The molecule has 0 unspecified atom stereocenters. The van der Waals surface area contributed by atoms with Gasteiger partial charge in [-0.3, -0.25) is 0 Å². The van der Waals surface area contributed by atoms with Crippen molar-refractivity contribution in [2.24, 2.45) is 0 Å². The maximum Gasteiger partial charge on any atom is 0.210 e. The first-order valence-electron chi connectivity index (χ1n) is 16.7. The lowest BCUT2D eigenvalue weighted by Gasteiger charge is -2.13. The summed E-state index contributed by atoms with van der Waals surface area (Å²) in [5.74, 6) is 2.70. The average Bonchev–Trinajstić information content (AvgIpc) is 3.15. The second-order valence-corrected chi connectivity index (χ2v) is 15.9. The van der Waals surface area contributed by atoms with Crippen LogP contribution in [0.2, 0.25) is 0 Å². The molecule has 0 radical (unpaired) electrons. The van der Waals surface area contributed by atoms with E-state index in [-0.39, 0.29) is 31.1 Å². The Hall–Kier alpha value is -5.58. The van der Waals surface area contributed by atoms with Gasteiger partial charge in [0.2, 0.25) is 19.7 Å². The van der Waals surface area contributed by atoms with Crippen molar-refractivity contribution >= 4 is 19.7 Å². The fraction of sp³-hybridized carbons (Fsp3) is 0.143. The molecular weight excluding hydrogens is 697 g/mol. The van der Waals surface area contributed by atoms with Crippen LogP contribution in [-0.2, 0) is 19.7 Å². The third kappa shape index (κ3) is 8.82. The number of unbranched alkanes of at least 4 members (excludes halogenated alkanes) is 1. The van der Waals surface area contributed by atoms with Crippen LogP contribution in [-0.4, -0.2) is 30.0 Å². The molecule has 6 rings (SSSR count). The molecule has 0 aromatic heterocycles. The van der Waals surface area contributed by atoms with Crippen LogP contribution in [0.5, 0.6) is 34.5 Å². The molecule has 6 aromatic carbocycles. The smallest absolute Gasteiger partial charge is 0.210 e. The van der Waals surface area contributed by atoms with Crippen LogP contribution in [0.4, 0.5) is 0 Å². The van der Waals surface area contributed by atoms with Crippen LogP contribution in [0.1, 0.15) is 24.0 Å². The summed E-state index contributed by atoms with van der Waals surface area (Å²) in [6.45, 7) is 4.75. The zero-order valence-electron chi connectivity index (χ0n) is 28.8. The Balaban J connectivity index is 0.977. The van der Waals surface area contributed by atoms with Crippen molar-refractivity contribution in [3.05, 3.63) is 157 Å². The monoisotopic (exact) mass is 734 g/mol. The summed E-state index contributed by atoms with van der Waals surface area (Å²) < 4.78 is 77.6. The van der Waals surface area contributed by atoms with E-state index in [0.717, 1.165) is 11.1 Å². The highest BCUT2D eigenvalue weighted by Gasteiger charge is 2.24. The number of rotatable bonds is 15. The number of ether oxygens (including phenoxy) is 4. The Morgan fingerprint density at radius 3 is 1.10 bits per heavy atom. The van der Waals surface area contributed by atoms with Crippen molar-refractivity contribution in [2.45, 2.75) is 46.3 Å². The molecule has 8 nitrogen and oxygen atoms in total. The summed E-state index contributed by atoms with van der Waals surface area (Å²) in [7, 11) is -7.70. The zero-order valence-corrected chi connectivity index (χ0v) is 30.4. The Morgan fingerprint density at radius 2 is 0.731 bits per heavy atom. The largest absolute Gasteiger partial charge is 0.494 e. The predicted molar refractivity (Wildman–Crippen MR) is 199 cm³/mol. The van der Waals surface area contributed by atoms with Crippen LogP contribution in [0.15, 0.2) is 165 Å². The molecule has 0 saturated carbocycles. The van der Waals surface area contributed by atoms with E-state index in [1.54, 1.807) is 84.9 Å². The first-order valence-corrected chi connectivity index (χ1v) is 19.7. The summed E-state index contributed by atoms with van der Waals surface area (Å²) >= 11 is 0. The highest BCUT2D eigenvalue weighted by molar-refractivity contribution is 7.92. The minimum atomic E-state index is -3.85. The molecule has 0 aliphatic rings. The van der Waals surface area contributed by atoms with E-state index < -0.39 is 19.7 Å². The highest BCUT2D eigenvalue weighted by atomic mass is 32.2. The fourth-order valence-electron chi connectivity index (χ4n) is 5.25. The number of hydrogen-bond acceptors (Lipinski definition) is 8. The minimum absolute atomic E-state index is 0.0781. The number of hydrogen-bond donors (Lipinski definition) is 0. The van der Waals surface area contributed by atoms with Crippen molar-refractivity contribution < 1.29 is 35.8 Å². The molecular formula is C42H38O8S2. The van der Waals surface area contributed by atoms with Gasteiger partial charge in [0.25, 0.3) is 0 Å². The first-order chi connectivity index (χ1) is 25.1. The third-order valence-electron chi connectivity index (χ3n) is 8.12. The molecule has 0 aliphatic heterocycles. The molecule has 52 heavy (non-hydrogen) atoms. The van der Waals surface area contributed by atoms with E-state index >= 15 is 0 Å². The van der Waals surface area contributed by atoms with Crippen molar-refractivity contribution in [1.29, 1.82) is 0 Å². The van der Waals surface area contributed by atoms with Crippen molar-refractivity contribution in [3.63, 3.8) is 0 Å². The van der Waals surface area contributed by atoms with Gasteiger partial charge < -0.3 is 18.9 Å².